The SMILES string of the molecule is CC1(C)C(c2cccc3ccccc23)=NN=C1c1ccc(Br)c2ccccc12. The van der Waals surface area contributed by atoms with E-state index in [0.29, 0.717) is 0 Å². The van der Waals surface area contributed by atoms with Crippen LogP contribution in [0.4, 0.5) is 0 Å². The van der Waals surface area contributed by atoms with Gasteiger partial charge < -0.3 is 0 Å². The first-order chi connectivity index (χ1) is 13.6. The molecule has 136 valence electrons. The molecule has 5 rings (SSSR count). The smallest absolute Gasteiger partial charge is 0.0825 e. The van der Waals surface area contributed by atoms with E-state index in [1.54, 1.807) is 0 Å². The summed E-state index contributed by atoms with van der Waals surface area (Å²) in [5.41, 5.74) is 4.04. The molecule has 0 amide bonds. The van der Waals surface area contributed by atoms with E-state index in [9.17, 15) is 0 Å². The maximum absolute atomic E-state index is 4.69. The molecule has 0 bridgehead atoms. The second-order valence-corrected chi connectivity index (χ2v) is 8.54. The average molecular weight is 427 g/mol. The van der Waals surface area contributed by atoms with Crippen LogP contribution in [0.25, 0.3) is 21.5 Å². The lowest BCUT2D eigenvalue weighted by Crippen LogP contribution is -2.31. The molecule has 0 spiro atoms. The highest BCUT2D eigenvalue weighted by Crippen LogP contribution is 2.38. The Labute approximate surface area is 172 Å². The van der Waals surface area contributed by atoms with E-state index < -0.39 is 0 Å². The molecule has 0 saturated carbocycles. The van der Waals surface area contributed by atoms with Gasteiger partial charge in [-0.3, -0.25) is 0 Å². The van der Waals surface area contributed by atoms with Crippen molar-refractivity contribution in [3.8, 4) is 0 Å². The number of hydrogen-bond acceptors (Lipinski definition) is 2. The standard InChI is InChI=1S/C25H19BrN2/c1-25(2)23(20-13-7-9-16-8-3-4-10-17(16)20)27-28-24(25)21-14-15-22(26)19-12-6-5-11-18(19)21/h3-15H,1-2H3. The van der Waals surface area contributed by atoms with Crippen LogP contribution < -0.4 is 0 Å². The van der Waals surface area contributed by atoms with Crippen molar-refractivity contribution in [1.82, 2.24) is 0 Å². The molecule has 0 N–H and O–H groups in total. The number of hydrogen-bond donors (Lipinski definition) is 0. The van der Waals surface area contributed by atoms with Crippen LogP contribution in [0.5, 0.6) is 0 Å². The highest BCUT2D eigenvalue weighted by Gasteiger charge is 2.38. The molecule has 0 aromatic heterocycles. The third kappa shape index (κ3) is 2.54. The van der Waals surface area contributed by atoms with E-state index in [-0.39, 0.29) is 5.41 Å². The van der Waals surface area contributed by atoms with E-state index in [1.165, 1.54) is 21.5 Å². The topological polar surface area (TPSA) is 24.7 Å². The zero-order valence-corrected chi connectivity index (χ0v) is 17.4. The third-order valence-electron chi connectivity index (χ3n) is 5.60. The first-order valence-electron chi connectivity index (χ1n) is 9.40. The van der Waals surface area contributed by atoms with Gasteiger partial charge in [-0.1, -0.05) is 88.7 Å². The molecule has 0 radical (unpaired) electrons. The van der Waals surface area contributed by atoms with E-state index in [2.05, 4.69) is 114 Å². The predicted octanol–water partition coefficient (Wildman–Crippen LogP) is 6.99. The van der Waals surface area contributed by atoms with Crippen molar-refractivity contribution in [3.63, 3.8) is 0 Å². The average Bonchev–Trinajstić information content (AvgIpc) is 3.02. The zero-order chi connectivity index (χ0) is 19.3. The fraction of sp³-hybridized carbons (Fsp3) is 0.120. The molecule has 4 aromatic carbocycles. The van der Waals surface area contributed by atoms with Gasteiger partial charge in [0.05, 0.1) is 16.8 Å². The minimum Gasteiger partial charge on any atom is -0.154 e. The fourth-order valence-electron chi connectivity index (χ4n) is 4.14. The summed E-state index contributed by atoms with van der Waals surface area (Å²) in [6, 6.07) is 27.5. The van der Waals surface area contributed by atoms with Crippen LogP contribution in [0.15, 0.2) is 93.5 Å². The van der Waals surface area contributed by atoms with Crippen LogP contribution in [0.3, 0.4) is 0 Å². The summed E-state index contributed by atoms with van der Waals surface area (Å²) < 4.78 is 1.10. The molecule has 0 aliphatic carbocycles. The maximum Gasteiger partial charge on any atom is 0.0825 e. The predicted molar refractivity (Wildman–Crippen MR) is 122 cm³/mol. The van der Waals surface area contributed by atoms with Gasteiger partial charge in [0.25, 0.3) is 0 Å². The molecule has 0 fully saturated rings. The third-order valence-corrected chi connectivity index (χ3v) is 6.30. The molecule has 1 heterocycles. The minimum absolute atomic E-state index is 0.291. The zero-order valence-electron chi connectivity index (χ0n) is 15.8. The molecule has 28 heavy (non-hydrogen) atoms. The molecular weight excluding hydrogens is 408 g/mol. The summed E-state index contributed by atoms with van der Waals surface area (Å²) in [7, 11) is 0. The Kier molecular flexibility index (Phi) is 3.95. The van der Waals surface area contributed by atoms with Crippen molar-refractivity contribution in [1.29, 1.82) is 0 Å². The Bertz CT molecular complexity index is 1290. The van der Waals surface area contributed by atoms with Gasteiger partial charge in [-0.2, -0.15) is 10.2 Å². The Morgan fingerprint density at radius 3 is 1.93 bits per heavy atom. The molecule has 4 aromatic rings. The van der Waals surface area contributed by atoms with Gasteiger partial charge in [-0.25, -0.2) is 0 Å². The fourth-order valence-corrected chi connectivity index (χ4v) is 4.62. The minimum atomic E-state index is -0.291. The number of benzene rings is 4. The van der Waals surface area contributed by atoms with Gasteiger partial charge in [0.2, 0.25) is 0 Å². The van der Waals surface area contributed by atoms with Crippen molar-refractivity contribution in [2.75, 3.05) is 0 Å². The first-order valence-corrected chi connectivity index (χ1v) is 10.2. The van der Waals surface area contributed by atoms with E-state index in [0.717, 1.165) is 27.0 Å². The van der Waals surface area contributed by atoms with E-state index in [4.69, 9.17) is 5.10 Å². The summed E-state index contributed by atoms with van der Waals surface area (Å²) >= 11 is 3.68. The second kappa shape index (κ2) is 6.39. The maximum atomic E-state index is 4.69. The van der Waals surface area contributed by atoms with Crippen molar-refractivity contribution in [2.45, 2.75) is 13.8 Å². The van der Waals surface area contributed by atoms with Gasteiger partial charge >= 0.3 is 0 Å². The molecule has 0 saturated heterocycles. The van der Waals surface area contributed by atoms with E-state index in [1.807, 2.05) is 0 Å². The van der Waals surface area contributed by atoms with Crippen LogP contribution in [0, 0.1) is 5.41 Å². The van der Waals surface area contributed by atoms with Crippen molar-refractivity contribution >= 4 is 48.9 Å². The summed E-state index contributed by atoms with van der Waals surface area (Å²) in [5.74, 6) is 0. The Hall–Kier alpha value is -2.78. The number of nitrogens with zero attached hydrogens (tertiary/aromatic N) is 2. The number of fused-ring (bicyclic) bond motifs is 2. The molecule has 0 unspecified atom stereocenters. The molecule has 2 nitrogen and oxygen atoms in total. The van der Waals surface area contributed by atoms with Gasteiger partial charge in [-0.05, 0) is 41.5 Å². The Morgan fingerprint density at radius 2 is 1.18 bits per heavy atom. The Morgan fingerprint density at radius 1 is 0.607 bits per heavy atom. The van der Waals surface area contributed by atoms with Gasteiger partial charge in [-0.15, -0.1) is 0 Å². The summed E-state index contributed by atoms with van der Waals surface area (Å²) in [4.78, 5) is 0. The van der Waals surface area contributed by atoms with Crippen LogP contribution in [0.1, 0.15) is 25.0 Å². The normalized spacial score (nSPS) is 15.7. The monoisotopic (exact) mass is 426 g/mol. The molecule has 3 heteroatoms. The molecule has 1 aliphatic rings. The van der Waals surface area contributed by atoms with Crippen molar-refractivity contribution in [2.24, 2.45) is 15.6 Å². The van der Waals surface area contributed by atoms with Crippen molar-refractivity contribution in [3.05, 3.63) is 94.5 Å². The largest absolute Gasteiger partial charge is 0.154 e. The van der Waals surface area contributed by atoms with Gasteiger partial charge in [0, 0.05) is 15.6 Å². The molecular formula is C25H19BrN2. The first kappa shape index (κ1) is 17.3. The highest BCUT2D eigenvalue weighted by atomic mass is 79.9. The van der Waals surface area contributed by atoms with Crippen LogP contribution in [0.2, 0.25) is 0 Å². The van der Waals surface area contributed by atoms with E-state index >= 15 is 0 Å². The summed E-state index contributed by atoms with van der Waals surface area (Å²) in [6.07, 6.45) is 0. The lowest BCUT2D eigenvalue weighted by Gasteiger charge is -2.25. The van der Waals surface area contributed by atoms with Gasteiger partial charge in [0.15, 0.2) is 0 Å². The van der Waals surface area contributed by atoms with Crippen molar-refractivity contribution < 1.29 is 0 Å². The van der Waals surface area contributed by atoms with Crippen LogP contribution >= 0.6 is 15.9 Å². The lowest BCUT2D eigenvalue weighted by atomic mass is 9.75. The van der Waals surface area contributed by atoms with Gasteiger partial charge in [0.1, 0.15) is 0 Å². The second-order valence-electron chi connectivity index (χ2n) is 7.69. The summed E-state index contributed by atoms with van der Waals surface area (Å²) in [5, 5.41) is 14.2. The van der Waals surface area contributed by atoms with Crippen LogP contribution in [-0.2, 0) is 0 Å². The Balaban J connectivity index is 1.66. The highest BCUT2D eigenvalue weighted by molar-refractivity contribution is 9.10. The quantitative estimate of drug-likeness (QED) is 0.329. The number of halogens is 1. The molecule has 0 atom stereocenters. The lowest BCUT2D eigenvalue weighted by molar-refractivity contribution is 0.746. The summed E-state index contributed by atoms with van der Waals surface area (Å²) in [6.45, 7) is 4.44. The molecule has 1 aliphatic heterocycles. The van der Waals surface area contributed by atoms with Crippen LogP contribution in [-0.4, -0.2) is 11.4 Å². The number of rotatable bonds is 2.